The van der Waals surface area contributed by atoms with Gasteiger partial charge in [-0.1, -0.05) is 12.1 Å². The first kappa shape index (κ1) is 16.0. The van der Waals surface area contributed by atoms with E-state index in [4.69, 9.17) is 0 Å². The molecule has 0 aromatic heterocycles. The van der Waals surface area contributed by atoms with Crippen LogP contribution >= 0.6 is 11.8 Å². The molecule has 116 valence electrons. The average Bonchev–Trinajstić information content (AvgIpc) is 2.39. The zero-order valence-corrected chi connectivity index (χ0v) is 11.9. The van der Waals surface area contributed by atoms with E-state index in [9.17, 15) is 23.1 Å². The maximum absolute atomic E-state index is 12.5. The van der Waals surface area contributed by atoms with Crippen molar-refractivity contribution in [2.75, 3.05) is 18.4 Å². The maximum atomic E-state index is 12.5. The molecule has 1 aliphatic rings. The summed E-state index contributed by atoms with van der Waals surface area (Å²) >= 11 is -0.266. The molecule has 1 unspecified atom stereocenters. The van der Waals surface area contributed by atoms with Crippen molar-refractivity contribution in [1.29, 1.82) is 0 Å². The number of hydrogen-bond donors (Lipinski definition) is 2. The lowest BCUT2D eigenvalue weighted by Crippen LogP contribution is -2.44. The Bertz CT molecular complexity index is 510. The minimum Gasteiger partial charge on any atom is -0.391 e. The molecular weight excluding hydrogens is 305 g/mol. The lowest BCUT2D eigenvalue weighted by Gasteiger charge is -2.30. The number of amides is 2. The van der Waals surface area contributed by atoms with Gasteiger partial charge in [0.2, 0.25) is 0 Å². The molecule has 0 saturated carbocycles. The van der Waals surface area contributed by atoms with E-state index < -0.39 is 17.6 Å². The summed E-state index contributed by atoms with van der Waals surface area (Å²) in [5.41, 5.74) is -4.30. The highest BCUT2D eigenvalue weighted by molar-refractivity contribution is 8.00. The molecule has 2 N–H and O–H groups in total. The van der Waals surface area contributed by atoms with E-state index in [1.807, 2.05) is 0 Å². The Morgan fingerprint density at radius 3 is 2.76 bits per heavy atom. The summed E-state index contributed by atoms with van der Waals surface area (Å²) in [5, 5.41) is 12.0. The van der Waals surface area contributed by atoms with Crippen molar-refractivity contribution in [1.82, 2.24) is 4.90 Å². The Hall–Kier alpha value is -1.41. The van der Waals surface area contributed by atoms with Gasteiger partial charge in [-0.25, -0.2) is 4.79 Å². The molecular formula is C13H15F3N2O2S. The van der Waals surface area contributed by atoms with Crippen LogP contribution in [-0.2, 0) is 0 Å². The van der Waals surface area contributed by atoms with Crippen LogP contribution in [0.25, 0.3) is 0 Å². The molecule has 1 atom stereocenters. The number of urea groups is 1. The van der Waals surface area contributed by atoms with E-state index in [1.54, 1.807) is 6.07 Å². The van der Waals surface area contributed by atoms with Crippen LogP contribution in [0.4, 0.5) is 23.7 Å². The van der Waals surface area contributed by atoms with Gasteiger partial charge >= 0.3 is 11.5 Å². The predicted molar refractivity (Wildman–Crippen MR) is 74.2 cm³/mol. The second-order valence-corrected chi connectivity index (χ2v) is 5.82. The van der Waals surface area contributed by atoms with Crippen LogP contribution in [0.2, 0.25) is 0 Å². The van der Waals surface area contributed by atoms with Crippen LogP contribution in [0.3, 0.4) is 0 Å². The van der Waals surface area contributed by atoms with Crippen LogP contribution in [0, 0.1) is 0 Å². The van der Waals surface area contributed by atoms with Gasteiger partial charge in [-0.15, -0.1) is 0 Å². The number of hydrogen-bond acceptors (Lipinski definition) is 3. The van der Waals surface area contributed by atoms with Gasteiger partial charge in [-0.05, 0) is 36.7 Å². The van der Waals surface area contributed by atoms with Crippen LogP contribution in [0.15, 0.2) is 29.2 Å². The number of alkyl halides is 3. The molecule has 0 radical (unpaired) electrons. The molecule has 1 heterocycles. The molecule has 0 spiro atoms. The number of para-hydroxylation sites is 1. The fourth-order valence-electron chi connectivity index (χ4n) is 2.12. The summed E-state index contributed by atoms with van der Waals surface area (Å²) in [7, 11) is 0. The molecule has 1 aromatic rings. The number of aliphatic hydroxyl groups excluding tert-OH is 1. The zero-order chi connectivity index (χ0) is 15.5. The van der Waals surface area contributed by atoms with Gasteiger partial charge < -0.3 is 15.3 Å². The Morgan fingerprint density at radius 1 is 1.38 bits per heavy atom. The number of aliphatic hydroxyl groups is 1. The summed E-state index contributed by atoms with van der Waals surface area (Å²) in [6.45, 7) is 0.678. The molecule has 1 saturated heterocycles. The van der Waals surface area contributed by atoms with Gasteiger partial charge in [-0.2, -0.15) is 13.2 Å². The molecule has 2 rings (SSSR count). The van der Waals surface area contributed by atoms with Gasteiger partial charge in [0.05, 0.1) is 11.8 Å². The number of carbonyl (C=O) groups excluding carboxylic acids is 1. The highest BCUT2D eigenvalue weighted by Gasteiger charge is 2.31. The number of nitrogens with one attached hydrogen (secondary N) is 1. The van der Waals surface area contributed by atoms with Crippen molar-refractivity contribution < 1.29 is 23.1 Å². The van der Waals surface area contributed by atoms with Crippen molar-refractivity contribution in [3.8, 4) is 0 Å². The third kappa shape index (κ3) is 4.82. The monoisotopic (exact) mass is 320 g/mol. The van der Waals surface area contributed by atoms with Gasteiger partial charge in [0.1, 0.15) is 0 Å². The van der Waals surface area contributed by atoms with Crippen molar-refractivity contribution in [3.63, 3.8) is 0 Å². The standard InChI is InChI=1S/C13H15F3N2O2S/c14-13(15,16)21-11-6-2-1-5-10(11)17-12(20)18-7-3-4-9(19)8-18/h1-2,5-6,9,19H,3-4,7-8H2,(H,17,20). The van der Waals surface area contributed by atoms with Crippen LogP contribution in [0.5, 0.6) is 0 Å². The lowest BCUT2D eigenvalue weighted by atomic mass is 10.1. The summed E-state index contributed by atoms with van der Waals surface area (Å²) in [4.78, 5) is 13.4. The van der Waals surface area contributed by atoms with E-state index in [-0.39, 0.29) is 28.9 Å². The number of piperidine rings is 1. The summed E-state index contributed by atoms with van der Waals surface area (Å²) in [6, 6.07) is 5.27. The van der Waals surface area contributed by atoms with Crippen molar-refractivity contribution >= 4 is 23.5 Å². The highest BCUT2D eigenvalue weighted by Crippen LogP contribution is 2.40. The first-order chi connectivity index (χ1) is 9.85. The van der Waals surface area contributed by atoms with Gasteiger partial charge in [0, 0.05) is 18.0 Å². The number of nitrogens with zero attached hydrogens (tertiary/aromatic N) is 1. The second-order valence-electron chi connectivity index (χ2n) is 4.72. The van der Waals surface area contributed by atoms with Crippen molar-refractivity contribution in [3.05, 3.63) is 24.3 Å². The number of anilines is 1. The van der Waals surface area contributed by atoms with Crippen LogP contribution in [-0.4, -0.2) is 40.7 Å². The van der Waals surface area contributed by atoms with Crippen molar-refractivity contribution in [2.24, 2.45) is 0 Å². The number of rotatable bonds is 2. The van der Waals surface area contributed by atoms with Gasteiger partial charge in [0.15, 0.2) is 0 Å². The Kier molecular flexibility index (Phi) is 5.00. The normalized spacial score (nSPS) is 19.4. The second kappa shape index (κ2) is 6.57. The molecule has 21 heavy (non-hydrogen) atoms. The molecule has 8 heteroatoms. The Morgan fingerprint density at radius 2 is 2.10 bits per heavy atom. The number of halogens is 3. The van der Waals surface area contributed by atoms with Crippen LogP contribution in [0.1, 0.15) is 12.8 Å². The molecule has 0 aliphatic carbocycles. The molecule has 1 fully saturated rings. The minimum absolute atomic E-state index is 0.0593. The molecule has 1 aliphatic heterocycles. The number of benzene rings is 1. The van der Waals surface area contributed by atoms with Crippen LogP contribution < -0.4 is 5.32 Å². The maximum Gasteiger partial charge on any atom is 0.446 e. The highest BCUT2D eigenvalue weighted by atomic mass is 32.2. The Balaban J connectivity index is 2.07. The minimum atomic E-state index is -4.41. The fourth-order valence-corrected chi connectivity index (χ4v) is 2.74. The fraction of sp³-hybridized carbons (Fsp3) is 0.462. The number of carbonyl (C=O) groups is 1. The number of β-amino-alcohol motifs (C(OH)–C–C–N with tert-alkyl or cyclic N) is 1. The van der Waals surface area contributed by atoms with E-state index >= 15 is 0 Å². The first-order valence-corrected chi connectivity index (χ1v) is 7.25. The summed E-state index contributed by atoms with van der Waals surface area (Å²) < 4.78 is 37.4. The summed E-state index contributed by atoms with van der Waals surface area (Å²) in [5.74, 6) is 0. The lowest BCUT2D eigenvalue weighted by molar-refractivity contribution is -0.0328. The first-order valence-electron chi connectivity index (χ1n) is 6.44. The SMILES string of the molecule is O=C(Nc1ccccc1SC(F)(F)F)N1CCCC(O)C1. The predicted octanol–water partition coefficient (Wildman–Crippen LogP) is 3.29. The van der Waals surface area contributed by atoms with Gasteiger partial charge in [-0.3, -0.25) is 0 Å². The topological polar surface area (TPSA) is 52.6 Å². The van der Waals surface area contributed by atoms with E-state index in [0.717, 1.165) is 0 Å². The van der Waals surface area contributed by atoms with E-state index in [0.29, 0.717) is 19.4 Å². The van der Waals surface area contributed by atoms with E-state index in [1.165, 1.54) is 23.1 Å². The zero-order valence-electron chi connectivity index (χ0n) is 11.1. The molecule has 4 nitrogen and oxygen atoms in total. The largest absolute Gasteiger partial charge is 0.446 e. The Labute approximate surface area is 124 Å². The molecule has 0 bridgehead atoms. The third-order valence-electron chi connectivity index (χ3n) is 3.04. The smallest absolute Gasteiger partial charge is 0.391 e. The number of likely N-dealkylation sites (tertiary alicyclic amines) is 1. The number of thioether (sulfide) groups is 1. The third-order valence-corrected chi connectivity index (χ3v) is 3.85. The molecule has 1 aromatic carbocycles. The molecule has 2 amide bonds. The average molecular weight is 320 g/mol. The quantitative estimate of drug-likeness (QED) is 0.822. The summed E-state index contributed by atoms with van der Waals surface area (Å²) in [6.07, 6.45) is 0.724. The van der Waals surface area contributed by atoms with Gasteiger partial charge in [0.25, 0.3) is 0 Å². The van der Waals surface area contributed by atoms with Crippen molar-refractivity contribution in [2.45, 2.75) is 29.3 Å². The van der Waals surface area contributed by atoms with E-state index in [2.05, 4.69) is 5.32 Å².